The van der Waals surface area contributed by atoms with Crippen LogP contribution in [0.25, 0.3) is 0 Å². The zero-order valence-corrected chi connectivity index (χ0v) is 10.8. The molecule has 3 heteroatoms. The summed E-state index contributed by atoms with van der Waals surface area (Å²) >= 11 is 0. The van der Waals surface area contributed by atoms with Gasteiger partial charge in [0.2, 0.25) is 0 Å². The Morgan fingerprint density at radius 1 is 1.35 bits per heavy atom. The summed E-state index contributed by atoms with van der Waals surface area (Å²) in [5.74, 6) is 0.316. The monoisotopic (exact) mass is 239 g/mol. The first-order valence-electron chi connectivity index (χ1n) is 6.15. The van der Waals surface area contributed by atoms with Gasteiger partial charge in [0.15, 0.2) is 0 Å². The Morgan fingerprint density at radius 3 is 2.47 bits per heavy atom. The third kappa shape index (κ3) is 4.44. The lowest BCUT2D eigenvalue weighted by Crippen LogP contribution is -2.37. The van der Waals surface area contributed by atoms with E-state index in [0.717, 1.165) is 18.5 Å². The zero-order chi connectivity index (χ0) is 12.9. The highest BCUT2D eigenvalue weighted by molar-refractivity contribution is 5.22. The molecule has 0 fully saturated rings. The van der Waals surface area contributed by atoms with Crippen molar-refractivity contribution in [3.8, 4) is 0 Å². The Bertz CT molecular complexity index is 335. The molecule has 0 radical (unpaired) electrons. The maximum absolute atomic E-state index is 12.8. The van der Waals surface area contributed by atoms with Crippen molar-refractivity contribution in [3.05, 3.63) is 35.6 Å². The molecule has 1 aromatic rings. The molecule has 96 valence electrons. The van der Waals surface area contributed by atoms with Crippen molar-refractivity contribution in [1.29, 1.82) is 0 Å². The van der Waals surface area contributed by atoms with Crippen LogP contribution in [0.3, 0.4) is 0 Å². The summed E-state index contributed by atoms with van der Waals surface area (Å²) < 4.78 is 12.8. The first-order valence-corrected chi connectivity index (χ1v) is 6.15. The second-order valence-electron chi connectivity index (χ2n) is 4.93. The van der Waals surface area contributed by atoms with E-state index in [1.165, 1.54) is 12.1 Å². The summed E-state index contributed by atoms with van der Waals surface area (Å²) in [4.78, 5) is 0. The van der Waals surface area contributed by atoms with Gasteiger partial charge in [-0.05, 0) is 37.1 Å². The number of hydrogen-bond donors (Lipinski definition) is 2. The molecular weight excluding hydrogens is 217 g/mol. The maximum Gasteiger partial charge on any atom is 0.123 e. The third-order valence-corrected chi connectivity index (χ3v) is 3.13. The second-order valence-corrected chi connectivity index (χ2v) is 4.93. The average molecular weight is 239 g/mol. The normalized spacial score (nSPS) is 16.5. The summed E-state index contributed by atoms with van der Waals surface area (Å²) in [6, 6.07) is 6.00. The van der Waals surface area contributed by atoms with Crippen LogP contribution < -0.4 is 5.32 Å². The van der Waals surface area contributed by atoms with Crippen LogP contribution in [-0.4, -0.2) is 18.2 Å². The first-order chi connectivity index (χ1) is 7.95. The molecule has 0 aliphatic heterocycles. The Hall–Kier alpha value is -0.930. The SMILES string of the molecule is CCC(C)CNCC(C)(O)c1ccc(F)cc1. The van der Waals surface area contributed by atoms with Gasteiger partial charge in [0.1, 0.15) is 5.82 Å². The molecule has 2 N–H and O–H groups in total. The standard InChI is InChI=1S/C14H22FNO/c1-4-11(2)9-16-10-14(3,17)12-5-7-13(15)8-6-12/h5-8,11,16-17H,4,9-10H2,1-3H3. The summed E-state index contributed by atoms with van der Waals surface area (Å²) in [7, 11) is 0. The molecule has 2 unspecified atom stereocenters. The predicted molar refractivity (Wildman–Crippen MR) is 68.3 cm³/mol. The van der Waals surface area contributed by atoms with E-state index >= 15 is 0 Å². The molecule has 17 heavy (non-hydrogen) atoms. The number of rotatable bonds is 6. The fourth-order valence-electron chi connectivity index (χ4n) is 1.62. The van der Waals surface area contributed by atoms with Gasteiger partial charge in [0.05, 0.1) is 5.60 Å². The molecule has 0 saturated heterocycles. The van der Waals surface area contributed by atoms with Gasteiger partial charge in [-0.15, -0.1) is 0 Å². The Morgan fingerprint density at radius 2 is 1.94 bits per heavy atom. The fourth-order valence-corrected chi connectivity index (χ4v) is 1.62. The minimum absolute atomic E-state index is 0.280. The molecule has 0 heterocycles. The van der Waals surface area contributed by atoms with Crippen LogP contribution in [-0.2, 0) is 5.60 Å². The average Bonchev–Trinajstić information content (AvgIpc) is 2.29. The second kappa shape index (κ2) is 6.12. The highest BCUT2D eigenvalue weighted by atomic mass is 19.1. The van der Waals surface area contributed by atoms with Gasteiger partial charge in [-0.3, -0.25) is 0 Å². The number of benzene rings is 1. The van der Waals surface area contributed by atoms with Crippen molar-refractivity contribution in [2.75, 3.05) is 13.1 Å². The molecule has 0 saturated carbocycles. The summed E-state index contributed by atoms with van der Waals surface area (Å²) in [6.45, 7) is 7.41. The van der Waals surface area contributed by atoms with E-state index in [0.29, 0.717) is 12.5 Å². The molecule has 2 nitrogen and oxygen atoms in total. The summed E-state index contributed by atoms with van der Waals surface area (Å²) in [5, 5.41) is 13.5. The van der Waals surface area contributed by atoms with E-state index < -0.39 is 5.60 Å². The van der Waals surface area contributed by atoms with Crippen molar-refractivity contribution in [3.63, 3.8) is 0 Å². The van der Waals surface area contributed by atoms with Gasteiger partial charge in [-0.1, -0.05) is 32.4 Å². The number of hydrogen-bond acceptors (Lipinski definition) is 2. The van der Waals surface area contributed by atoms with Crippen molar-refractivity contribution in [2.24, 2.45) is 5.92 Å². The van der Waals surface area contributed by atoms with Crippen molar-refractivity contribution in [2.45, 2.75) is 32.8 Å². The Labute approximate surface area is 103 Å². The molecule has 2 atom stereocenters. The quantitative estimate of drug-likeness (QED) is 0.800. The van der Waals surface area contributed by atoms with Crippen LogP contribution >= 0.6 is 0 Å². The van der Waals surface area contributed by atoms with Crippen LogP contribution in [0.2, 0.25) is 0 Å². The maximum atomic E-state index is 12.8. The van der Waals surface area contributed by atoms with Crippen LogP contribution in [0.15, 0.2) is 24.3 Å². The van der Waals surface area contributed by atoms with E-state index in [2.05, 4.69) is 19.2 Å². The number of aliphatic hydroxyl groups is 1. The van der Waals surface area contributed by atoms with Crippen LogP contribution in [0, 0.1) is 11.7 Å². The zero-order valence-electron chi connectivity index (χ0n) is 10.8. The highest BCUT2D eigenvalue weighted by Crippen LogP contribution is 2.19. The lowest BCUT2D eigenvalue weighted by atomic mass is 9.96. The van der Waals surface area contributed by atoms with Gasteiger partial charge < -0.3 is 10.4 Å². The smallest absolute Gasteiger partial charge is 0.123 e. The lowest BCUT2D eigenvalue weighted by molar-refractivity contribution is 0.0561. The number of nitrogens with one attached hydrogen (secondary N) is 1. The lowest BCUT2D eigenvalue weighted by Gasteiger charge is -2.25. The Kier molecular flexibility index (Phi) is 5.09. The topological polar surface area (TPSA) is 32.3 Å². The minimum Gasteiger partial charge on any atom is -0.384 e. The van der Waals surface area contributed by atoms with Gasteiger partial charge in [-0.2, -0.15) is 0 Å². The van der Waals surface area contributed by atoms with Gasteiger partial charge in [0, 0.05) is 6.54 Å². The number of halogens is 1. The van der Waals surface area contributed by atoms with E-state index in [-0.39, 0.29) is 5.82 Å². The van der Waals surface area contributed by atoms with E-state index in [1.807, 2.05) is 0 Å². The van der Waals surface area contributed by atoms with Gasteiger partial charge >= 0.3 is 0 Å². The molecule has 0 amide bonds. The van der Waals surface area contributed by atoms with Crippen LogP contribution in [0.1, 0.15) is 32.8 Å². The van der Waals surface area contributed by atoms with Gasteiger partial charge in [-0.25, -0.2) is 4.39 Å². The fraction of sp³-hybridized carbons (Fsp3) is 0.571. The minimum atomic E-state index is -0.957. The molecule has 1 aromatic carbocycles. The van der Waals surface area contributed by atoms with Gasteiger partial charge in [0.25, 0.3) is 0 Å². The van der Waals surface area contributed by atoms with Crippen molar-refractivity contribution >= 4 is 0 Å². The predicted octanol–water partition coefficient (Wildman–Crippen LogP) is 2.67. The Balaban J connectivity index is 2.53. The molecule has 1 rings (SSSR count). The molecule has 0 aliphatic rings. The summed E-state index contributed by atoms with van der Waals surface area (Å²) in [6.07, 6.45) is 1.12. The van der Waals surface area contributed by atoms with Crippen LogP contribution in [0.4, 0.5) is 4.39 Å². The molecule has 0 bridgehead atoms. The molecular formula is C14H22FNO. The summed E-state index contributed by atoms with van der Waals surface area (Å²) in [5.41, 5.74) is -0.225. The largest absolute Gasteiger partial charge is 0.384 e. The van der Waals surface area contributed by atoms with E-state index in [4.69, 9.17) is 0 Å². The molecule has 0 aromatic heterocycles. The van der Waals surface area contributed by atoms with Crippen LogP contribution in [0.5, 0.6) is 0 Å². The third-order valence-electron chi connectivity index (χ3n) is 3.13. The molecule has 0 spiro atoms. The highest BCUT2D eigenvalue weighted by Gasteiger charge is 2.22. The van der Waals surface area contributed by atoms with E-state index in [9.17, 15) is 9.50 Å². The first kappa shape index (κ1) is 14.1. The van der Waals surface area contributed by atoms with E-state index in [1.54, 1.807) is 19.1 Å². The van der Waals surface area contributed by atoms with Crippen molar-refractivity contribution in [1.82, 2.24) is 5.32 Å². The molecule has 0 aliphatic carbocycles. The van der Waals surface area contributed by atoms with Crippen molar-refractivity contribution < 1.29 is 9.50 Å².